The van der Waals surface area contributed by atoms with Crippen LogP contribution in [0.25, 0.3) is 11.1 Å². The highest BCUT2D eigenvalue weighted by molar-refractivity contribution is 7.89. The average Bonchev–Trinajstić information content (AvgIpc) is 3.13. The molecule has 0 aromatic heterocycles. The lowest BCUT2D eigenvalue weighted by molar-refractivity contribution is -0.140. The van der Waals surface area contributed by atoms with Gasteiger partial charge in [-0.15, -0.1) is 0 Å². The van der Waals surface area contributed by atoms with Crippen LogP contribution < -0.4 is 0 Å². The van der Waals surface area contributed by atoms with Crippen molar-refractivity contribution in [3.05, 3.63) is 54.6 Å². The zero-order valence-corrected chi connectivity index (χ0v) is 24.3. The molecule has 2 unspecified atom stereocenters. The van der Waals surface area contributed by atoms with Gasteiger partial charge < -0.3 is 0 Å². The summed E-state index contributed by atoms with van der Waals surface area (Å²) < 4.78 is 28.7. The second-order valence-corrected chi connectivity index (χ2v) is 12.4. The van der Waals surface area contributed by atoms with Crippen LogP contribution in [0.2, 0.25) is 0 Å². The maximum atomic E-state index is 14.2. The Morgan fingerprint density at radius 2 is 1.63 bits per heavy atom. The second kappa shape index (κ2) is 12.2. The third kappa shape index (κ3) is 6.01. The lowest BCUT2D eigenvalue weighted by atomic mass is 9.91. The Morgan fingerprint density at radius 1 is 1.00 bits per heavy atom. The van der Waals surface area contributed by atoms with Crippen molar-refractivity contribution in [3.63, 3.8) is 0 Å². The normalized spacial score (nSPS) is 16.7. The highest BCUT2D eigenvalue weighted by atomic mass is 32.2. The second-order valence-electron chi connectivity index (χ2n) is 10.5. The van der Waals surface area contributed by atoms with E-state index in [1.54, 1.807) is 32.0 Å². The van der Waals surface area contributed by atoms with Crippen molar-refractivity contribution < 1.29 is 18.0 Å². The molecular formula is C30H41N3O4S. The molecule has 0 bridgehead atoms. The zero-order chi connectivity index (χ0) is 28.1. The molecule has 7 nitrogen and oxygen atoms in total. The number of likely N-dealkylation sites (N-methyl/N-ethyl adjacent to an activating group) is 1. The number of carbonyl (C=O) groups is 2. The Bertz CT molecular complexity index is 1270. The van der Waals surface area contributed by atoms with Crippen LogP contribution in [0.15, 0.2) is 64.5 Å². The Balaban J connectivity index is 2.07. The van der Waals surface area contributed by atoms with Gasteiger partial charge in [-0.1, -0.05) is 88.6 Å². The summed E-state index contributed by atoms with van der Waals surface area (Å²) in [5.74, 6) is -0.151. The van der Waals surface area contributed by atoms with E-state index in [0.717, 1.165) is 35.6 Å². The first-order chi connectivity index (χ1) is 18.0. The zero-order valence-electron chi connectivity index (χ0n) is 23.5. The Morgan fingerprint density at radius 3 is 2.24 bits per heavy atom. The first-order valence-electron chi connectivity index (χ1n) is 13.6. The van der Waals surface area contributed by atoms with E-state index < -0.39 is 27.5 Å². The van der Waals surface area contributed by atoms with E-state index in [2.05, 4.69) is 18.8 Å². The maximum Gasteiger partial charge on any atom is 0.266 e. The fraction of sp³-hybridized carbons (Fsp3) is 0.500. The minimum absolute atomic E-state index is 0.0527. The van der Waals surface area contributed by atoms with Gasteiger partial charge in [0, 0.05) is 19.0 Å². The van der Waals surface area contributed by atoms with E-state index in [-0.39, 0.29) is 16.7 Å². The summed E-state index contributed by atoms with van der Waals surface area (Å²) in [5.41, 5.74) is 0.271. The Kier molecular flexibility index (Phi) is 9.52. The molecule has 0 N–H and O–H groups in total. The molecule has 206 valence electrons. The molecule has 2 atom stereocenters. The predicted molar refractivity (Wildman–Crippen MR) is 152 cm³/mol. The van der Waals surface area contributed by atoms with Gasteiger partial charge in [0.2, 0.25) is 0 Å². The van der Waals surface area contributed by atoms with Crippen LogP contribution in [0, 0.1) is 5.92 Å². The summed E-state index contributed by atoms with van der Waals surface area (Å²) >= 11 is 0. The van der Waals surface area contributed by atoms with Crippen molar-refractivity contribution in [2.45, 2.75) is 89.6 Å². The molecule has 0 spiro atoms. The standard InChI is InChI=1S/C30H41N3O4S/c1-7-15-22(9-3)21-25(33-27(16-8-2)31-30(4,5)29(33)35)28(34)32(6)38(36,37)26-20-14-13-19-24(26)23-17-11-10-12-18-23/h10-14,17-20,22,25H,7-9,15-16,21H2,1-6H3. The third-order valence-electron chi connectivity index (χ3n) is 7.25. The number of hydrogen-bond acceptors (Lipinski definition) is 5. The van der Waals surface area contributed by atoms with Crippen LogP contribution >= 0.6 is 0 Å². The van der Waals surface area contributed by atoms with E-state index in [9.17, 15) is 18.0 Å². The molecule has 0 aliphatic carbocycles. The van der Waals surface area contributed by atoms with Gasteiger partial charge in [-0.25, -0.2) is 12.7 Å². The third-order valence-corrected chi connectivity index (χ3v) is 9.06. The van der Waals surface area contributed by atoms with Gasteiger partial charge >= 0.3 is 0 Å². The van der Waals surface area contributed by atoms with Crippen molar-refractivity contribution in [3.8, 4) is 11.1 Å². The number of nitrogens with zero attached hydrogens (tertiary/aromatic N) is 3. The van der Waals surface area contributed by atoms with E-state index in [1.165, 1.54) is 18.0 Å². The molecule has 0 saturated carbocycles. The van der Waals surface area contributed by atoms with E-state index in [1.807, 2.05) is 37.3 Å². The fourth-order valence-electron chi connectivity index (χ4n) is 5.11. The highest BCUT2D eigenvalue weighted by Crippen LogP contribution is 2.33. The molecule has 8 heteroatoms. The van der Waals surface area contributed by atoms with Crippen molar-refractivity contribution in [1.82, 2.24) is 9.21 Å². The summed E-state index contributed by atoms with van der Waals surface area (Å²) in [6, 6.07) is 15.0. The number of amides is 2. The molecule has 1 aliphatic rings. The fourth-order valence-corrected chi connectivity index (χ4v) is 6.48. The van der Waals surface area contributed by atoms with Crippen molar-refractivity contribution in [2.24, 2.45) is 10.9 Å². The number of carbonyl (C=O) groups excluding carboxylic acids is 2. The predicted octanol–water partition coefficient (Wildman–Crippen LogP) is 5.91. The average molecular weight is 540 g/mol. The number of benzene rings is 2. The number of hydrogen-bond donors (Lipinski definition) is 0. The molecule has 38 heavy (non-hydrogen) atoms. The van der Waals surface area contributed by atoms with Crippen LogP contribution in [0.4, 0.5) is 0 Å². The van der Waals surface area contributed by atoms with Crippen LogP contribution in [-0.4, -0.2) is 53.9 Å². The first-order valence-corrected chi connectivity index (χ1v) is 15.0. The molecule has 2 aromatic carbocycles. The summed E-state index contributed by atoms with van der Waals surface area (Å²) in [7, 11) is -2.92. The quantitative estimate of drug-likeness (QED) is 0.336. The summed E-state index contributed by atoms with van der Waals surface area (Å²) in [6.45, 7) is 9.63. The molecule has 1 aliphatic heterocycles. The SMILES string of the molecule is CCCC1=NC(C)(C)C(=O)N1C(CC(CC)CCC)C(=O)N(C)S(=O)(=O)c1ccccc1-c1ccccc1. The molecule has 1 heterocycles. The van der Waals surface area contributed by atoms with E-state index in [0.29, 0.717) is 24.2 Å². The first kappa shape index (κ1) is 29.6. The molecule has 0 saturated heterocycles. The molecule has 3 rings (SSSR count). The van der Waals surface area contributed by atoms with Gasteiger partial charge in [0.25, 0.3) is 21.8 Å². The highest BCUT2D eigenvalue weighted by Gasteiger charge is 2.47. The molecule has 0 fully saturated rings. The lowest BCUT2D eigenvalue weighted by Crippen LogP contribution is -2.54. The van der Waals surface area contributed by atoms with Crippen LogP contribution in [0.1, 0.15) is 73.1 Å². The van der Waals surface area contributed by atoms with Crippen LogP contribution in [-0.2, 0) is 19.6 Å². The monoisotopic (exact) mass is 539 g/mol. The lowest BCUT2D eigenvalue weighted by Gasteiger charge is -2.34. The van der Waals surface area contributed by atoms with Crippen molar-refractivity contribution in [2.75, 3.05) is 7.05 Å². The Hall–Kier alpha value is -3.00. The topological polar surface area (TPSA) is 87.1 Å². The van der Waals surface area contributed by atoms with Gasteiger partial charge in [-0.05, 0) is 44.2 Å². The van der Waals surface area contributed by atoms with Gasteiger partial charge in [-0.3, -0.25) is 19.5 Å². The number of rotatable bonds is 12. The minimum atomic E-state index is -4.22. The van der Waals surface area contributed by atoms with Crippen molar-refractivity contribution >= 4 is 27.7 Å². The molecule has 2 aromatic rings. The summed E-state index contributed by atoms with van der Waals surface area (Å²) in [6.07, 6.45) is 4.33. The summed E-state index contributed by atoms with van der Waals surface area (Å²) in [5, 5.41) is 0. The van der Waals surface area contributed by atoms with Crippen LogP contribution in [0.3, 0.4) is 0 Å². The minimum Gasteiger partial charge on any atom is -0.286 e. The molecule has 0 radical (unpaired) electrons. The van der Waals surface area contributed by atoms with Crippen molar-refractivity contribution in [1.29, 1.82) is 0 Å². The largest absolute Gasteiger partial charge is 0.286 e. The number of sulfonamides is 1. The molecule has 2 amide bonds. The van der Waals surface area contributed by atoms with E-state index in [4.69, 9.17) is 0 Å². The Labute approximate surface area is 228 Å². The smallest absolute Gasteiger partial charge is 0.266 e. The molecular weight excluding hydrogens is 498 g/mol. The number of aliphatic imine (C=N–C) groups is 1. The summed E-state index contributed by atoms with van der Waals surface area (Å²) in [4.78, 5) is 33.9. The van der Waals surface area contributed by atoms with E-state index >= 15 is 0 Å². The maximum absolute atomic E-state index is 14.2. The van der Waals surface area contributed by atoms with Gasteiger partial charge in [-0.2, -0.15) is 0 Å². The van der Waals surface area contributed by atoms with Gasteiger partial charge in [0.15, 0.2) is 0 Å². The number of amidine groups is 1. The van der Waals surface area contributed by atoms with Crippen LogP contribution in [0.5, 0.6) is 0 Å². The van der Waals surface area contributed by atoms with Gasteiger partial charge in [0.1, 0.15) is 17.4 Å². The van der Waals surface area contributed by atoms with Gasteiger partial charge in [0.05, 0.1) is 4.90 Å².